The average Bonchev–Trinajstić information content (AvgIpc) is 3.05. The van der Waals surface area contributed by atoms with E-state index in [0.717, 1.165) is 18.2 Å². The van der Waals surface area contributed by atoms with Crippen molar-refractivity contribution in [3.63, 3.8) is 0 Å². The van der Waals surface area contributed by atoms with Crippen molar-refractivity contribution >= 4 is 18.3 Å². The maximum Gasteiger partial charge on any atom is 0.217 e. The first-order valence-electron chi connectivity index (χ1n) is 9.61. The van der Waals surface area contributed by atoms with E-state index >= 15 is 0 Å². The molecular weight excluding hydrogens is 422 g/mol. The molecule has 1 unspecified atom stereocenters. The van der Waals surface area contributed by atoms with Crippen molar-refractivity contribution in [2.45, 2.75) is 69.6 Å². The van der Waals surface area contributed by atoms with Crippen LogP contribution in [0.1, 0.15) is 32.8 Å². The fourth-order valence-corrected chi connectivity index (χ4v) is 3.33. The number of nitrogens with one attached hydrogen (secondary N) is 2. The molecule has 1 saturated heterocycles. The number of benzene rings is 1. The van der Waals surface area contributed by atoms with Crippen LogP contribution in [-0.2, 0) is 16.0 Å². The summed E-state index contributed by atoms with van der Waals surface area (Å²) in [5.74, 6) is -1.83. The van der Waals surface area contributed by atoms with E-state index in [4.69, 9.17) is 4.74 Å². The van der Waals surface area contributed by atoms with Gasteiger partial charge < -0.3 is 30.7 Å². The Morgan fingerprint density at radius 3 is 2.43 bits per heavy atom. The second-order valence-electron chi connectivity index (χ2n) is 8.15. The van der Waals surface area contributed by atoms with Gasteiger partial charge in [-0.05, 0) is 44.4 Å². The Bertz CT molecular complexity index is 684. The summed E-state index contributed by atoms with van der Waals surface area (Å²) >= 11 is 0. The average molecular weight is 453 g/mol. The van der Waals surface area contributed by atoms with Gasteiger partial charge in [-0.15, -0.1) is 12.4 Å². The van der Waals surface area contributed by atoms with Crippen LogP contribution in [-0.4, -0.2) is 70.4 Å². The minimum atomic E-state index is -1.29. The van der Waals surface area contributed by atoms with Crippen molar-refractivity contribution in [2.75, 3.05) is 13.2 Å². The van der Waals surface area contributed by atoms with Crippen LogP contribution >= 0.6 is 12.4 Å². The van der Waals surface area contributed by atoms with E-state index in [2.05, 4.69) is 10.6 Å². The van der Waals surface area contributed by atoms with Crippen molar-refractivity contribution in [1.82, 2.24) is 10.6 Å². The van der Waals surface area contributed by atoms with Crippen molar-refractivity contribution in [1.29, 1.82) is 0 Å². The highest BCUT2D eigenvalue weighted by Crippen LogP contribution is 2.20. The number of halogens is 3. The lowest BCUT2D eigenvalue weighted by molar-refractivity contribution is -0.120. The molecule has 1 aromatic rings. The topological polar surface area (TPSA) is 111 Å². The fraction of sp³-hybridized carbons (Fsp3) is 0.650. The van der Waals surface area contributed by atoms with Gasteiger partial charge in [0.1, 0.15) is 17.7 Å². The molecule has 0 bridgehead atoms. The van der Waals surface area contributed by atoms with Crippen LogP contribution in [0.4, 0.5) is 8.78 Å². The quantitative estimate of drug-likeness (QED) is 0.377. The standard InChI is InChI=1S/C20H30F2N2O5.ClH/c1-11(25)24-17(6-12-4-13(21)7-14(22)5-12)19(27)16-8-15(9-23-16)29-10-18(26)20(2,3)28;/h4-5,7,15-19,23,26-28H,6,8-10H2,1-3H3,(H,24,25);1H/t15-,16-,17+,18?,19-;/m1./s1. The molecule has 0 aliphatic carbocycles. The zero-order chi connectivity index (χ0) is 21.8. The van der Waals surface area contributed by atoms with E-state index in [1.165, 1.54) is 20.8 Å². The second kappa shape index (κ2) is 11.3. The van der Waals surface area contributed by atoms with Gasteiger partial charge in [0.15, 0.2) is 0 Å². The molecule has 1 amide bonds. The third-order valence-electron chi connectivity index (χ3n) is 5.02. The molecule has 5 N–H and O–H groups in total. The van der Waals surface area contributed by atoms with Crippen LogP contribution in [0, 0.1) is 11.6 Å². The van der Waals surface area contributed by atoms with E-state index < -0.39 is 41.5 Å². The van der Waals surface area contributed by atoms with E-state index in [1.54, 1.807) is 0 Å². The monoisotopic (exact) mass is 452 g/mol. The number of hydrogen-bond donors (Lipinski definition) is 5. The molecule has 0 radical (unpaired) electrons. The van der Waals surface area contributed by atoms with Crippen LogP contribution in [0.25, 0.3) is 0 Å². The van der Waals surface area contributed by atoms with Crippen molar-refractivity contribution in [3.05, 3.63) is 35.4 Å². The van der Waals surface area contributed by atoms with Crippen LogP contribution in [0.5, 0.6) is 0 Å². The Hall–Kier alpha value is -1.36. The molecular formula is C20H31ClF2N2O5. The maximum absolute atomic E-state index is 13.5. The highest BCUT2D eigenvalue weighted by Gasteiger charge is 2.36. The summed E-state index contributed by atoms with van der Waals surface area (Å²) in [5.41, 5.74) is -0.971. The highest BCUT2D eigenvalue weighted by molar-refractivity contribution is 5.85. The number of aliphatic hydroxyl groups is 3. The summed E-state index contributed by atoms with van der Waals surface area (Å²) in [6, 6.07) is 1.91. The zero-order valence-electron chi connectivity index (χ0n) is 17.3. The third kappa shape index (κ3) is 8.05. The first-order valence-corrected chi connectivity index (χ1v) is 9.61. The van der Waals surface area contributed by atoms with Crippen LogP contribution in [0.3, 0.4) is 0 Å². The molecule has 0 spiro atoms. The Morgan fingerprint density at radius 2 is 1.90 bits per heavy atom. The molecule has 10 heteroatoms. The number of aliphatic hydroxyl groups excluding tert-OH is 2. The number of ether oxygens (including phenoxy) is 1. The normalized spacial score (nSPS) is 22.1. The van der Waals surface area contributed by atoms with Gasteiger partial charge in [-0.25, -0.2) is 8.78 Å². The van der Waals surface area contributed by atoms with Gasteiger partial charge in [0.25, 0.3) is 0 Å². The first-order chi connectivity index (χ1) is 13.5. The number of carbonyl (C=O) groups excluding carboxylic acids is 1. The Kier molecular flexibility index (Phi) is 10.1. The Labute approximate surface area is 181 Å². The molecule has 1 aliphatic heterocycles. The van der Waals surface area contributed by atoms with Gasteiger partial charge in [-0.3, -0.25) is 4.79 Å². The fourth-order valence-electron chi connectivity index (χ4n) is 3.33. The highest BCUT2D eigenvalue weighted by atomic mass is 35.5. The van der Waals surface area contributed by atoms with E-state index in [9.17, 15) is 28.9 Å². The van der Waals surface area contributed by atoms with Crippen molar-refractivity contribution < 1.29 is 33.6 Å². The largest absolute Gasteiger partial charge is 0.389 e. The zero-order valence-corrected chi connectivity index (χ0v) is 18.1. The number of hydrogen-bond acceptors (Lipinski definition) is 6. The lowest BCUT2D eigenvalue weighted by Crippen LogP contribution is -2.51. The minimum Gasteiger partial charge on any atom is -0.389 e. The Balaban J connectivity index is 0.00000450. The lowest BCUT2D eigenvalue weighted by Gasteiger charge is -2.28. The molecule has 1 aliphatic rings. The SMILES string of the molecule is CC(=O)N[C@@H](Cc1cc(F)cc(F)c1)[C@H](O)[C@H]1C[C@@H](OCC(O)C(C)(C)O)CN1.Cl. The molecule has 1 aromatic carbocycles. The van der Waals surface area contributed by atoms with Gasteiger partial charge in [0, 0.05) is 25.6 Å². The van der Waals surface area contributed by atoms with Crippen LogP contribution in [0.2, 0.25) is 0 Å². The molecule has 5 atom stereocenters. The molecule has 30 heavy (non-hydrogen) atoms. The van der Waals surface area contributed by atoms with Crippen molar-refractivity contribution in [3.8, 4) is 0 Å². The molecule has 172 valence electrons. The maximum atomic E-state index is 13.5. The van der Waals surface area contributed by atoms with Crippen molar-refractivity contribution in [2.24, 2.45) is 0 Å². The van der Waals surface area contributed by atoms with E-state index in [0.29, 0.717) is 18.5 Å². The molecule has 0 saturated carbocycles. The van der Waals surface area contributed by atoms with Gasteiger partial charge >= 0.3 is 0 Å². The minimum absolute atomic E-state index is 0. The third-order valence-corrected chi connectivity index (χ3v) is 5.02. The summed E-state index contributed by atoms with van der Waals surface area (Å²) in [6.45, 7) is 4.62. The van der Waals surface area contributed by atoms with Gasteiger partial charge in [0.2, 0.25) is 5.91 Å². The van der Waals surface area contributed by atoms with E-state index in [1.807, 2.05) is 0 Å². The number of rotatable bonds is 9. The molecule has 2 rings (SSSR count). The molecule has 0 aromatic heterocycles. The Morgan fingerprint density at radius 1 is 1.30 bits per heavy atom. The molecule has 1 fully saturated rings. The smallest absolute Gasteiger partial charge is 0.217 e. The summed E-state index contributed by atoms with van der Waals surface area (Å²) in [6.07, 6.45) is -1.92. The second-order valence-corrected chi connectivity index (χ2v) is 8.15. The van der Waals surface area contributed by atoms with Gasteiger partial charge in [-0.2, -0.15) is 0 Å². The lowest BCUT2D eigenvalue weighted by atomic mass is 9.95. The molecule has 7 nitrogen and oxygen atoms in total. The summed E-state index contributed by atoms with van der Waals surface area (Å²) < 4.78 is 32.6. The number of carbonyl (C=O) groups is 1. The van der Waals surface area contributed by atoms with E-state index in [-0.39, 0.29) is 37.4 Å². The first kappa shape index (κ1) is 26.7. The number of amides is 1. The van der Waals surface area contributed by atoms with Crippen LogP contribution in [0.15, 0.2) is 18.2 Å². The summed E-state index contributed by atoms with van der Waals surface area (Å²) in [5, 5.41) is 36.1. The van der Waals surface area contributed by atoms with Gasteiger partial charge in [0.05, 0.1) is 30.5 Å². The summed E-state index contributed by atoms with van der Waals surface area (Å²) in [4.78, 5) is 11.6. The molecule has 1 heterocycles. The summed E-state index contributed by atoms with van der Waals surface area (Å²) in [7, 11) is 0. The predicted molar refractivity (Wildman–Crippen MR) is 109 cm³/mol. The van der Waals surface area contributed by atoms with Gasteiger partial charge in [-0.1, -0.05) is 0 Å². The van der Waals surface area contributed by atoms with Crippen LogP contribution < -0.4 is 10.6 Å². The predicted octanol–water partition coefficient (Wildman–Crippen LogP) is 0.674.